The SMILES string of the molecule is CCOc1ccc(/C=C/C(=O)OCC(=O)Nc2ccc(F)cc2)cc1OCC. The lowest BCUT2D eigenvalue weighted by Gasteiger charge is -2.11. The van der Waals surface area contributed by atoms with Crippen LogP contribution in [-0.2, 0) is 14.3 Å². The molecule has 1 N–H and O–H groups in total. The maximum Gasteiger partial charge on any atom is 0.331 e. The topological polar surface area (TPSA) is 73.9 Å². The molecule has 1 amide bonds. The van der Waals surface area contributed by atoms with Crippen LogP contribution in [0.4, 0.5) is 10.1 Å². The lowest BCUT2D eigenvalue weighted by Crippen LogP contribution is -2.20. The highest BCUT2D eigenvalue weighted by molar-refractivity contribution is 5.94. The van der Waals surface area contributed by atoms with E-state index in [1.54, 1.807) is 24.3 Å². The second kappa shape index (κ2) is 10.7. The van der Waals surface area contributed by atoms with Crippen molar-refractivity contribution in [2.24, 2.45) is 0 Å². The van der Waals surface area contributed by atoms with Crippen molar-refractivity contribution in [1.29, 1.82) is 0 Å². The summed E-state index contributed by atoms with van der Waals surface area (Å²) in [7, 11) is 0. The Bertz CT molecular complexity index is 833. The Morgan fingerprint density at radius 1 is 1.00 bits per heavy atom. The van der Waals surface area contributed by atoms with Gasteiger partial charge in [-0.25, -0.2) is 9.18 Å². The number of carbonyl (C=O) groups is 2. The van der Waals surface area contributed by atoms with Crippen LogP contribution in [-0.4, -0.2) is 31.7 Å². The van der Waals surface area contributed by atoms with Crippen molar-refractivity contribution in [3.8, 4) is 11.5 Å². The molecule has 0 heterocycles. The van der Waals surface area contributed by atoms with Crippen LogP contribution in [0.3, 0.4) is 0 Å². The third kappa shape index (κ3) is 6.75. The minimum Gasteiger partial charge on any atom is -0.490 e. The summed E-state index contributed by atoms with van der Waals surface area (Å²) in [5.74, 6) is -0.384. The lowest BCUT2D eigenvalue weighted by atomic mass is 10.2. The summed E-state index contributed by atoms with van der Waals surface area (Å²) in [4.78, 5) is 23.6. The smallest absolute Gasteiger partial charge is 0.331 e. The third-order valence-electron chi connectivity index (χ3n) is 3.45. The van der Waals surface area contributed by atoms with Gasteiger partial charge in [-0.15, -0.1) is 0 Å². The summed E-state index contributed by atoms with van der Waals surface area (Å²) in [5.41, 5.74) is 1.13. The molecule has 0 aliphatic rings. The first-order chi connectivity index (χ1) is 13.5. The van der Waals surface area contributed by atoms with Gasteiger partial charge in [0.1, 0.15) is 5.82 Å². The van der Waals surface area contributed by atoms with Crippen LogP contribution in [0, 0.1) is 5.82 Å². The van der Waals surface area contributed by atoms with E-state index < -0.39 is 24.3 Å². The number of esters is 1. The zero-order valence-electron chi connectivity index (χ0n) is 15.7. The van der Waals surface area contributed by atoms with E-state index >= 15 is 0 Å². The van der Waals surface area contributed by atoms with Gasteiger partial charge in [-0.05, 0) is 61.9 Å². The number of hydrogen-bond acceptors (Lipinski definition) is 5. The van der Waals surface area contributed by atoms with E-state index in [1.165, 1.54) is 30.3 Å². The van der Waals surface area contributed by atoms with Gasteiger partial charge in [0.25, 0.3) is 5.91 Å². The largest absolute Gasteiger partial charge is 0.490 e. The zero-order valence-corrected chi connectivity index (χ0v) is 15.7. The van der Waals surface area contributed by atoms with E-state index in [0.29, 0.717) is 30.4 Å². The third-order valence-corrected chi connectivity index (χ3v) is 3.45. The van der Waals surface area contributed by atoms with Gasteiger partial charge < -0.3 is 19.5 Å². The van der Waals surface area contributed by atoms with Crippen LogP contribution >= 0.6 is 0 Å². The van der Waals surface area contributed by atoms with Crippen LogP contribution < -0.4 is 14.8 Å². The predicted octanol–water partition coefficient (Wildman–Crippen LogP) is 3.82. The van der Waals surface area contributed by atoms with Crippen molar-refractivity contribution < 1.29 is 28.2 Å². The van der Waals surface area contributed by atoms with Crippen molar-refractivity contribution in [2.45, 2.75) is 13.8 Å². The van der Waals surface area contributed by atoms with E-state index in [1.807, 2.05) is 13.8 Å². The Morgan fingerprint density at radius 3 is 2.36 bits per heavy atom. The van der Waals surface area contributed by atoms with E-state index in [4.69, 9.17) is 14.2 Å². The first-order valence-electron chi connectivity index (χ1n) is 8.81. The molecule has 0 aliphatic heterocycles. The molecule has 0 radical (unpaired) electrons. The average Bonchev–Trinajstić information content (AvgIpc) is 2.68. The van der Waals surface area contributed by atoms with Gasteiger partial charge in [-0.2, -0.15) is 0 Å². The maximum atomic E-state index is 12.8. The number of carbonyl (C=O) groups excluding carboxylic acids is 2. The first-order valence-corrected chi connectivity index (χ1v) is 8.81. The van der Waals surface area contributed by atoms with Crippen LogP contribution in [0.5, 0.6) is 11.5 Å². The van der Waals surface area contributed by atoms with Crippen LogP contribution in [0.1, 0.15) is 19.4 Å². The molecular weight excluding hydrogens is 365 g/mol. The fraction of sp³-hybridized carbons (Fsp3) is 0.238. The molecule has 0 atom stereocenters. The summed E-state index contributed by atoms with van der Waals surface area (Å²) in [6.45, 7) is 4.30. The van der Waals surface area contributed by atoms with Gasteiger partial charge in [0.15, 0.2) is 18.1 Å². The Morgan fingerprint density at radius 2 is 1.68 bits per heavy atom. The molecule has 0 aliphatic carbocycles. The fourth-order valence-corrected chi connectivity index (χ4v) is 2.25. The average molecular weight is 387 g/mol. The van der Waals surface area contributed by atoms with Gasteiger partial charge in [0.05, 0.1) is 13.2 Å². The molecule has 7 heteroatoms. The van der Waals surface area contributed by atoms with Gasteiger partial charge >= 0.3 is 5.97 Å². The van der Waals surface area contributed by atoms with Crippen molar-refractivity contribution in [1.82, 2.24) is 0 Å². The number of hydrogen-bond donors (Lipinski definition) is 1. The van der Waals surface area contributed by atoms with Crippen molar-refractivity contribution in [3.63, 3.8) is 0 Å². The summed E-state index contributed by atoms with van der Waals surface area (Å²) in [6.07, 6.45) is 2.77. The molecule has 2 aromatic carbocycles. The Balaban J connectivity index is 1.87. The molecule has 2 aromatic rings. The van der Waals surface area contributed by atoms with Crippen molar-refractivity contribution >= 4 is 23.6 Å². The fourth-order valence-electron chi connectivity index (χ4n) is 2.25. The molecule has 0 unspecified atom stereocenters. The second-order valence-electron chi connectivity index (χ2n) is 5.57. The molecule has 0 bridgehead atoms. The first kappa shape index (κ1) is 21.0. The van der Waals surface area contributed by atoms with Crippen LogP contribution in [0.15, 0.2) is 48.5 Å². The molecule has 148 valence electrons. The van der Waals surface area contributed by atoms with E-state index in [2.05, 4.69) is 5.32 Å². The van der Waals surface area contributed by atoms with E-state index in [0.717, 1.165) is 5.56 Å². The number of rotatable bonds is 9. The zero-order chi connectivity index (χ0) is 20.4. The van der Waals surface area contributed by atoms with Crippen molar-refractivity contribution in [3.05, 3.63) is 59.9 Å². The molecule has 0 spiro atoms. The number of amides is 1. The minimum absolute atomic E-state index is 0.406. The van der Waals surface area contributed by atoms with E-state index in [9.17, 15) is 14.0 Å². The highest BCUT2D eigenvalue weighted by atomic mass is 19.1. The monoisotopic (exact) mass is 387 g/mol. The number of anilines is 1. The molecule has 0 aromatic heterocycles. The van der Waals surface area contributed by atoms with Crippen LogP contribution in [0.25, 0.3) is 6.08 Å². The molecule has 6 nitrogen and oxygen atoms in total. The summed E-state index contributed by atoms with van der Waals surface area (Å²) >= 11 is 0. The molecule has 0 fully saturated rings. The number of benzene rings is 2. The summed E-state index contributed by atoms with van der Waals surface area (Å²) < 4.78 is 28.7. The highest BCUT2D eigenvalue weighted by Crippen LogP contribution is 2.29. The highest BCUT2D eigenvalue weighted by Gasteiger charge is 2.07. The summed E-state index contributed by atoms with van der Waals surface area (Å²) in [5, 5.41) is 2.50. The van der Waals surface area contributed by atoms with Crippen LogP contribution in [0.2, 0.25) is 0 Å². The number of halogens is 1. The summed E-state index contributed by atoms with van der Waals surface area (Å²) in [6, 6.07) is 10.6. The minimum atomic E-state index is -0.666. The Hall–Kier alpha value is -3.35. The Labute approximate surface area is 162 Å². The Kier molecular flexibility index (Phi) is 8.02. The predicted molar refractivity (Wildman–Crippen MR) is 104 cm³/mol. The number of ether oxygens (including phenoxy) is 3. The lowest BCUT2D eigenvalue weighted by molar-refractivity contribution is -0.142. The number of nitrogens with one attached hydrogen (secondary N) is 1. The maximum absolute atomic E-state index is 12.8. The van der Waals surface area contributed by atoms with Crippen molar-refractivity contribution in [2.75, 3.05) is 25.1 Å². The van der Waals surface area contributed by atoms with Gasteiger partial charge in [0, 0.05) is 11.8 Å². The molecule has 0 saturated carbocycles. The second-order valence-corrected chi connectivity index (χ2v) is 5.57. The van der Waals surface area contributed by atoms with E-state index in [-0.39, 0.29) is 0 Å². The standard InChI is InChI=1S/C21H22FNO5/c1-3-26-18-11-5-15(13-19(18)27-4-2)6-12-21(25)28-14-20(24)23-17-9-7-16(22)8-10-17/h5-13H,3-4,14H2,1-2H3,(H,23,24)/b12-6+. The molecule has 0 saturated heterocycles. The molecule has 2 rings (SSSR count). The normalized spacial score (nSPS) is 10.5. The molecule has 28 heavy (non-hydrogen) atoms. The quantitative estimate of drug-likeness (QED) is 0.523. The van der Waals surface area contributed by atoms with Gasteiger partial charge in [-0.1, -0.05) is 6.07 Å². The van der Waals surface area contributed by atoms with Gasteiger partial charge in [-0.3, -0.25) is 4.79 Å². The van der Waals surface area contributed by atoms with Gasteiger partial charge in [0.2, 0.25) is 0 Å². The molecular formula is C21H22FNO5.